The van der Waals surface area contributed by atoms with Gasteiger partial charge in [-0.1, -0.05) is 0 Å². The molecule has 0 aliphatic rings. The minimum absolute atomic E-state index is 0. The molecular weight excluding hydrogens is 183 g/mol. The van der Waals surface area contributed by atoms with E-state index in [-0.39, 0.29) is 53.7 Å². The molecule has 0 unspecified atom stereocenters. The molecule has 0 rings (SSSR count). The maximum Gasteiger partial charge on any atom is 0 e. The van der Waals surface area contributed by atoms with Crippen molar-refractivity contribution in [2.45, 2.75) is 0 Å². The molecule has 0 heterocycles. The van der Waals surface area contributed by atoms with Gasteiger partial charge in [0, 0.05) is 53.7 Å². The standard InChI is InChI=1S/Cl.Cu.F.Zn. The Morgan fingerprint density at radius 1 is 1.00 bits per heavy atom. The van der Waals surface area contributed by atoms with E-state index in [2.05, 4.69) is 0 Å². The molecule has 0 nitrogen and oxygen atoms in total. The predicted octanol–water partition coefficient (Wildman–Crippen LogP) is 1.10. The zero-order chi connectivity index (χ0) is 0. The van der Waals surface area contributed by atoms with Gasteiger partial charge in [0.15, 0.2) is 0 Å². The predicted molar refractivity (Wildman–Crippen MR) is 6.96 cm³/mol. The zero-order valence-electron chi connectivity index (χ0n) is 1.76. The normalized spacial score (nSPS) is 0. The van der Waals surface area contributed by atoms with E-state index in [4.69, 9.17) is 0 Å². The van der Waals surface area contributed by atoms with Crippen LogP contribution in [0.1, 0.15) is 0 Å². The van der Waals surface area contributed by atoms with E-state index < -0.39 is 0 Å². The zero-order valence-corrected chi connectivity index (χ0v) is 6.43. The summed E-state index contributed by atoms with van der Waals surface area (Å²) in [6.45, 7) is 0. The van der Waals surface area contributed by atoms with E-state index >= 15 is 0 Å². The maximum atomic E-state index is 0. The molecule has 0 spiro atoms. The molecule has 0 saturated heterocycles. The molecule has 4 heavy (non-hydrogen) atoms. The van der Waals surface area contributed by atoms with Crippen molar-refractivity contribution in [3.05, 3.63) is 0 Å². The van der Waals surface area contributed by atoms with Crippen LogP contribution in [0.3, 0.4) is 0 Å². The molecule has 0 amide bonds. The molecule has 0 aromatic heterocycles. The molecule has 0 aromatic carbocycles. The van der Waals surface area contributed by atoms with Gasteiger partial charge in [0.05, 0.1) is 0 Å². The maximum absolute atomic E-state index is 0. The summed E-state index contributed by atoms with van der Waals surface area (Å²) < 4.78 is 0. The van der Waals surface area contributed by atoms with Gasteiger partial charge < -0.3 is 0 Å². The molecule has 0 aliphatic carbocycles. The van der Waals surface area contributed by atoms with Gasteiger partial charge in [0.25, 0.3) is 0 Å². The van der Waals surface area contributed by atoms with Crippen LogP contribution in [0.5, 0.6) is 0 Å². The number of hydrogen-bond acceptors (Lipinski definition) is 0. The average molecular weight is 183 g/mol. The van der Waals surface area contributed by atoms with Crippen molar-refractivity contribution < 1.29 is 41.3 Å². The van der Waals surface area contributed by atoms with Crippen molar-refractivity contribution in [3.8, 4) is 0 Å². The van der Waals surface area contributed by atoms with Gasteiger partial charge >= 0.3 is 0 Å². The van der Waals surface area contributed by atoms with Crippen molar-refractivity contribution >= 4 is 12.4 Å². The van der Waals surface area contributed by atoms with Crippen LogP contribution in [0.25, 0.3) is 0 Å². The molecule has 0 atom stereocenters. The Hall–Kier alpha value is 1.36. The van der Waals surface area contributed by atoms with E-state index in [9.17, 15) is 0 Å². The van der Waals surface area contributed by atoms with Crippen LogP contribution in [-0.2, 0) is 36.5 Å². The Labute approximate surface area is 53.7 Å². The van der Waals surface area contributed by atoms with E-state index in [1.807, 2.05) is 0 Å². The summed E-state index contributed by atoms with van der Waals surface area (Å²) in [4.78, 5) is 0. The van der Waals surface area contributed by atoms with Gasteiger partial charge in [-0.05, 0) is 0 Å². The second-order valence-corrected chi connectivity index (χ2v) is 0. The summed E-state index contributed by atoms with van der Waals surface area (Å²) in [5.41, 5.74) is 0. The third-order valence-corrected chi connectivity index (χ3v) is 0. The molecule has 0 fully saturated rings. The monoisotopic (exact) mass is 181 g/mol. The van der Waals surface area contributed by atoms with Crippen LogP contribution in [0, 0.1) is 0 Å². The Kier molecular flexibility index (Phi) is 365. The van der Waals surface area contributed by atoms with Crippen LogP contribution in [0.15, 0.2) is 0 Å². The topological polar surface area (TPSA) is 0 Å². The van der Waals surface area contributed by atoms with E-state index in [0.29, 0.717) is 0 Å². The van der Waals surface area contributed by atoms with Gasteiger partial charge in [-0.15, -0.1) is 0 Å². The number of halogens is 2. The van der Waals surface area contributed by atoms with Crippen LogP contribution < -0.4 is 0 Å². The summed E-state index contributed by atoms with van der Waals surface area (Å²) in [5, 5.41) is 0. The van der Waals surface area contributed by atoms with Gasteiger partial charge in [0.2, 0.25) is 0 Å². The summed E-state index contributed by atoms with van der Waals surface area (Å²) >= 11 is 0. The Balaban J connectivity index is 0. The minimum Gasteiger partial charge on any atom is 0 e. The van der Waals surface area contributed by atoms with Gasteiger partial charge in [0.1, 0.15) is 0 Å². The van der Waals surface area contributed by atoms with Gasteiger partial charge in [-0.3, -0.25) is 0 Å². The molecular formula is ClCuFZn. The molecule has 0 N–H and O–H groups in total. The van der Waals surface area contributed by atoms with Crippen LogP contribution in [-0.4, -0.2) is 0 Å². The van der Waals surface area contributed by atoms with Crippen LogP contribution >= 0.6 is 12.4 Å². The van der Waals surface area contributed by atoms with Gasteiger partial charge in [-0.25, -0.2) is 0 Å². The van der Waals surface area contributed by atoms with E-state index in [1.165, 1.54) is 0 Å². The summed E-state index contributed by atoms with van der Waals surface area (Å²) in [7, 11) is 0. The molecule has 0 bridgehead atoms. The quantitative estimate of drug-likeness (QED) is 0.494. The van der Waals surface area contributed by atoms with E-state index in [1.54, 1.807) is 0 Å². The number of hydrogen-bond donors (Lipinski definition) is 0. The first-order valence-corrected chi connectivity index (χ1v) is 0. The molecule has 0 aliphatic heterocycles. The van der Waals surface area contributed by atoms with Crippen molar-refractivity contribution in [1.82, 2.24) is 0 Å². The molecule has 27 valence electrons. The Morgan fingerprint density at radius 2 is 1.00 bits per heavy atom. The van der Waals surface area contributed by atoms with Crippen molar-refractivity contribution in [2.24, 2.45) is 0 Å². The van der Waals surface area contributed by atoms with Crippen LogP contribution in [0.4, 0.5) is 4.70 Å². The second-order valence-electron chi connectivity index (χ2n) is 0. The van der Waals surface area contributed by atoms with Crippen molar-refractivity contribution in [3.63, 3.8) is 0 Å². The first-order valence-electron chi connectivity index (χ1n) is 0. The molecule has 0 saturated carbocycles. The van der Waals surface area contributed by atoms with Crippen LogP contribution in [0.2, 0.25) is 0 Å². The van der Waals surface area contributed by atoms with Crippen molar-refractivity contribution in [1.29, 1.82) is 0 Å². The van der Waals surface area contributed by atoms with Crippen molar-refractivity contribution in [2.75, 3.05) is 0 Å². The molecule has 0 aromatic rings. The fraction of sp³-hybridized carbons (Fsp3) is 0. The summed E-state index contributed by atoms with van der Waals surface area (Å²) in [6.07, 6.45) is 0. The molecule has 4 heteroatoms. The fourth-order valence-electron chi connectivity index (χ4n) is 0. The van der Waals surface area contributed by atoms with Gasteiger partial charge in [-0.2, -0.15) is 0 Å². The fourth-order valence-corrected chi connectivity index (χ4v) is 0. The van der Waals surface area contributed by atoms with E-state index in [0.717, 1.165) is 0 Å². The largest absolute Gasteiger partial charge is 0 e. The molecule has 3 radical (unpaired) electrons. The smallest absolute Gasteiger partial charge is 0 e. The summed E-state index contributed by atoms with van der Waals surface area (Å²) in [5.74, 6) is 0. The first-order chi connectivity index (χ1) is 0. The minimum atomic E-state index is 0. The first kappa shape index (κ1) is 55.0. The summed E-state index contributed by atoms with van der Waals surface area (Å²) in [6, 6.07) is 0. The average Bonchev–Trinajstić information content (AvgIpc) is 0. The SMILES string of the molecule is [Cl].[Cu].[F].[Zn]. The third-order valence-electron chi connectivity index (χ3n) is 0. The second kappa shape index (κ2) is 26.6. The third kappa shape index (κ3) is 10.1. The Bertz CT molecular complexity index is 8.00. The number of rotatable bonds is 0. The Morgan fingerprint density at radius 3 is 1.00 bits per heavy atom.